The van der Waals surface area contributed by atoms with Crippen LogP contribution in [0.5, 0.6) is 0 Å². The fraction of sp³-hybridized carbons (Fsp3) is 0.263. The summed E-state index contributed by atoms with van der Waals surface area (Å²) in [6.45, 7) is 2.92. The van der Waals surface area contributed by atoms with Crippen LogP contribution in [-0.4, -0.2) is 35.7 Å². The highest BCUT2D eigenvalue weighted by atomic mass is 32.2. The fourth-order valence-corrected chi connectivity index (χ4v) is 3.72. The molecule has 1 aliphatic rings. The summed E-state index contributed by atoms with van der Waals surface area (Å²) in [6, 6.07) is 12.4. The quantitative estimate of drug-likeness (QED) is 0.573. The molecule has 1 atom stereocenters. The van der Waals surface area contributed by atoms with E-state index in [0.29, 0.717) is 28.9 Å². The van der Waals surface area contributed by atoms with Crippen molar-refractivity contribution in [2.45, 2.75) is 26.3 Å². The number of hydrazone groups is 1. The number of carbonyl (C=O) groups excluding carboxylic acids is 1. The number of benzene rings is 2. The molecule has 0 radical (unpaired) electrons. The summed E-state index contributed by atoms with van der Waals surface area (Å²) in [5, 5.41) is 16.8. The number of amides is 1. The molecule has 0 spiro atoms. The molecule has 10 heteroatoms. The Morgan fingerprint density at radius 1 is 1.28 bits per heavy atom. The first-order valence-corrected chi connectivity index (χ1v) is 10.6. The Bertz CT molecular complexity index is 1100. The van der Waals surface area contributed by atoms with Gasteiger partial charge in [0, 0.05) is 31.2 Å². The van der Waals surface area contributed by atoms with Gasteiger partial charge in [-0.3, -0.25) is 19.6 Å². The summed E-state index contributed by atoms with van der Waals surface area (Å²) in [4.78, 5) is 22.7. The SMILES string of the molecule is CCS(=O)(=O)Nc1cccc(C2=NN(C(C)=O)C(c3cccc([N+](=O)[O-])c3)C2)c1. The van der Waals surface area contributed by atoms with Gasteiger partial charge in [-0.15, -0.1) is 0 Å². The van der Waals surface area contributed by atoms with Crippen molar-refractivity contribution >= 4 is 33.0 Å². The van der Waals surface area contributed by atoms with Gasteiger partial charge in [0.05, 0.1) is 22.4 Å². The predicted octanol–water partition coefficient (Wildman–Crippen LogP) is 3.05. The van der Waals surface area contributed by atoms with Crippen LogP contribution < -0.4 is 4.72 Å². The van der Waals surface area contributed by atoms with Crippen LogP contribution in [0.25, 0.3) is 0 Å². The van der Waals surface area contributed by atoms with E-state index in [1.54, 1.807) is 43.3 Å². The molecule has 0 saturated carbocycles. The minimum absolute atomic E-state index is 0.0504. The number of anilines is 1. The highest BCUT2D eigenvalue weighted by molar-refractivity contribution is 7.92. The molecule has 1 heterocycles. The van der Waals surface area contributed by atoms with E-state index in [9.17, 15) is 23.3 Å². The molecule has 1 amide bonds. The highest BCUT2D eigenvalue weighted by Crippen LogP contribution is 2.34. The Morgan fingerprint density at radius 2 is 2.00 bits per heavy atom. The lowest BCUT2D eigenvalue weighted by molar-refractivity contribution is -0.384. The van der Waals surface area contributed by atoms with E-state index < -0.39 is 21.0 Å². The molecule has 9 nitrogen and oxygen atoms in total. The number of nitro benzene ring substituents is 1. The number of non-ortho nitro benzene ring substituents is 1. The first-order valence-electron chi connectivity index (χ1n) is 8.92. The van der Waals surface area contributed by atoms with Crippen LogP contribution in [0.2, 0.25) is 0 Å². The van der Waals surface area contributed by atoms with Gasteiger partial charge < -0.3 is 0 Å². The van der Waals surface area contributed by atoms with Gasteiger partial charge in [-0.25, -0.2) is 13.4 Å². The number of sulfonamides is 1. The van der Waals surface area contributed by atoms with E-state index in [2.05, 4.69) is 9.82 Å². The third-order valence-electron chi connectivity index (χ3n) is 4.55. The Balaban J connectivity index is 1.92. The molecule has 152 valence electrons. The van der Waals surface area contributed by atoms with Gasteiger partial charge in [-0.05, 0) is 30.2 Å². The van der Waals surface area contributed by atoms with Crippen molar-refractivity contribution < 1.29 is 18.1 Å². The summed E-state index contributed by atoms with van der Waals surface area (Å²) in [6.07, 6.45) is 0.352. The average Bonchev–Trinajstić information content (AvgIpc) is 3.14. The maximum absolute atomic E-state index is 12.1. The van der Waals surface area contributed by atoms with Crippen molar-refractivity contribution in [3.05, 3.63) is 69.8 Å². The van der Waals surface area contributed by atoms with Gasteiger partial charge in [0.25, 0.3) is 5.69 Å². The normalized spacial score (nSPS) is 16.4. The Hall–Kier alpha value is -3.27. The number of rotatable bonds is 6. The van der Waals surface area contributed by atoms with E-state index >= 15 is 0 Å². The fourth-order valence-electron chi connectivity index (χ4n) is 3.09. The monoisotopic (exact) mass is 416 g/mol. The van der Waals surface area contributed by atoms with Crippen molar-refractivity contribution in [3.8, 4) is 0 Å². The van der Waals surface area contributed by atoms with Crippen LogP contribution in [0.15, 0.2) is 53.6 Å². The first kappa shape index (κ1) is 20.5. The van der Waals surface area contributed by atoms with Gasteiger partial charge in [-0.2, -0.15) is 5.10 Å². The van der Waals surface area contributed by atoms with E-state index in [0.717, 1.165) is 0 Å². The number of carbonyl (C=O) groups is 1. The number of nitro groups is 1. The van der Waals surface area contributed by atoms with Crippen LogP contribution in [0, 0.1) is 10.1 Å². The second-order valence-electron chi connectivity index (χ2n) is 6.57. The lowest BCUT2D eigenvalue weighted by Gasteiger charge is -2.20. The summed E-state index contributed by atoms with van der Waals surface area (Å²) >= 11 is 0. The topological polar surface area (TPSA) is 122 Å². The molecule has 0 saturated heterocycles. The zero-order valence-electron chi connectivity index (χ0n) is 15.9. The first-order chi connectivity index (χ1) is 13.7. The minimum atomic E-state index is -3.42. The van der Waals surface area contributed by atoms with Crippen molar-refractivity contribution in [2.75, 3.05) is 10.5 Å². The number of nitrogens with one attached hydrogen (secondary N) is 1. The molecule has 3 rings (SSSR count). The minimum Gasteiger partial charge on any atom is -0.284 e. The number of hydrogen-bond acceptors (Lipinski definition) is 6. The van der Waals surface area contributed by atoms with Crippen molar-refractivity contribution in [1.29, 1.82) is 0 Å². The molecule has 2 aromatic carbocycles. The second kappa shape index (κ2) is 8.00. The lowest BCUT2D eigenvalue weighted by Crippen LogP contribution is -2.24. The molecule has 1 unspecified atom stereocenters. The van der Waals surface area contributed by atoms with Crippen LogP contribution >= 0.6 is 0 Å². The molecule has 29 heavy (non-hydrogen) atoms. The predicted molar refractivity (Wildman–Crippen MR) is 109 cm³/mol. The van der Waals surface area contributed by atoms with Gasteiger partial charge >= 0.3 is 0 Å². The number of nitrogens with zero attached hydrogens (tertiary/aromatic N) is 3. The summed E-state index contributed by atoms with van der Waals surface area (Å²) < 4.78 is 26.1. The van der Waals surface area contributed by atoms with Gasteiger partial charge in [0.15, 0.2) is 0 Å². The van der Waals surface area contributed by atoms with E-state index in [-0.39, 0.29) is 17.3 Å². The Labute approximate surface area is 168 Å². The van der Waals surface area contributed by atoms with Crippen LogP contribution in [0.3, 0.4) is 0 Å². The van der Waals surface area contributed by atoms with Crippen molar-refractivity contribution in [1.82, 2.24) is 5.01 Å². The summed E-state index contributed by atoms with van der Waals surface area (Å²) in [5.74, 6) is -0.343. The van der Waals surface area contributed by atoms with Crippen molar-refractivity contribution in [2.24, 2.45) is 5.10 Å². The molecule has 0 bridgehead atoms. The van der Waals surface area contributed by atoms with Gasteiger partial charge in [0.1, 0.15) is 0 Å². The zero-order chi connectivity index (χ0) is 21.2. The van der Waals surface area contributed by atoms with Gasteiger partial charge in [-0.1, -0.05) is 24.3 Å². The summed E-state index contributed by atoms with van der Waals surface area (Å²) in [7, 11) is -3.42. The highest BCUT2D eigenvalue weighted by Gasteiger charge is 2.32. The molecule has 0 fully saturated rings. The molecule has 0 aromatic heterocycles. The smallest absolute Gasteiger partial charge is 0.269 e. The third kappa shape index (κ3) is 4.60. The largest absolute Gasteiger partial charge is 0.284 e. The van der Waals surface area contributed by atoms with Gasteiger partial charge in [0.2, 0.25) is 15.9 Å². The Kier molecular flexibility index (Phi) is 5.64. The third-order valence-corrected chi connectivity index (χ3v) is 5.85. The lowest BCUT2D eigenvalue weighted by atomic mass is 9.98. The van der Waals surface area contributed by atoms with E-state index in [1.165, 1.54) is 24.1 Å². The van der Waals surface area contributed by atoms with Crippen LogP contribution in [0.1, 0.15) is 37.4 Å². The van der Waals surface area contributed by atoms with Crippen molar-refractivity contribution in [3.63, 3.8) is 0 Å². The van der Waals surface area contributed by atoms with Crippen LogP contribution in [-0.2, 0) is 14.8 Å². The van der Waals surface area contributed by atoms with E-state index in [1.807, 2.05) is 0 Å². The summed E-state index contributed by atoms with van der Waals surface area (Å²) in [5.41, 5.74) is 2.21. The molecule has 1 N–H and O–H groups in total. The molecule has 1 aliphatic heterocycles. The van der Waals surface area contributed by atoms with E-state index in [4.69, 9.17) is 0 Å². The maximum Gasteiger partial charge on any atom is 0.269 e. The standard InChI is InChI=1S/C19H20N4O5S/c1-3-29(27,28)21-16-8-4-6-14(10-16)18-12-19(22(20-18)13(2)24)15-7-5-9-17(11-15)23(25)26/h4-11,19,21H,3,12H2,1-2H3. The second-order valence-corrected chi connectivity index (χ2v) is 8.58. The molecule has 2 aromatic rings. The zero-order valence-corrected chi connectivity index (χ0v) is 16.7. The maximum atomic E-state index is 12.1. The Morgan fingerprint density at radius 3 is 2.66 bits per heavy atom. The number of hydrogen-bond donors (Lipinski definition) is 1. The average molecular weight is 416 g/mol. The molecule has 0 aliphatic carbocycles. The molecular weight excluding hydrogens is 396 g/mol. The van der Waals surface area contributed by atoms with Crippen LogP contribution in [0.4, 0.5) is 11.4 Å². The molecular formula is C19H20N4O5S.